The maximum atomic E-state index is 12.5. The molecular weight excluding hydrogens is 336 g/mol. The Bertz CT molecular complexity index is 648. The Labute approximate surface area is 151 Å². The molecule has 6 heteroatoms. The van der Waals surface area contributed by atoms with Crippen molar-refractivity contribution in [2.75, 3.05) is 16.6 Å². The minimum Gasteiger partial charge on any atom is -0.349 e. The predicted octanol–water partition coefficient (Wildman–Crippen LogP) is 3.71. The first-order valence-electron chi connectivity index (χ1n) is 9.39. The molecule has 1 aromatic rings. The van der Waals surface area contributed by atoms with E-state index in [9.17, 15) is 13.2 Å². The first-order valence-corrected chi connectivity index (χ1v) is 11.0. The van der Waals surface area contributed by atoms with Crippen LogP contribution >= 0.6 is 0 Å². The molecule has 0 spiro atoms. The number of amides is 1. The highest BCUT2D eigenvalue weighted by atomic mass is 32.2. The molecule has 1 aliphatic rings. The van der Waals surface area contributed by atoms with Gasteiger partial charge in [0.05, 0.1) is 11.4 Å². The molecule has 0 saturated heterocycles. The fraction of sp³-hybridized carbons (Fsp3) is 0.632. The Kier molecular flexibility index (Phi) is 7.29. The van der Waals surface area contributed by atoms with E-state index in [4.69, 9.17) is 0 Å². The quantitative estimate of drug-likeness (QED) is 0.835. The average molecular weight is 367 g/mol. The van der Waals surface area contributed by atoms with E-state index in [1.807, 2.05) is 6.92 Å². The van der Waals surface area contributed by atoms with Gasteiger partial charge in [0.25, 0.3) is 5.91 Å². The van der Waals surface area contributed by atoms with Gasteiger partial charge in [0, 0.05) is 18.2 Å². The number of nitrogens with zero attached hydrogens (tertiary/aromatic N) is 1. The lowest BCUT2D eigenvalue weighted by atomic mass is 9.96. The summed E-state index contributed by atoms with van der Waals surface area (Å²) in [7, 11) is -3.29. The Morgan fingerprint density at radius 3 is 2.12 bits per heavy atom. The van der Waals surface area contributed by atoms with Gasteiger partial charge < -0.3 is 5.32 Å². The molecule has 0 radical (unpaired) electrons. The molecule has 25 heavy (non-hydrogen) atoms. The lowest BCUT2D eigenvalue weighted by Crippen LogP contribution is -2.35. The first kappa shape index (κ1) is 19.8. The van der Waals surface area contributed by atoms with Gasteiger partial charge in [0.15, 0.2) is 0 Å². The summed E-state index contributed by atoms with van der Waals surface area (Å²) in [6.07, 6.45) is 8.23. The zero-order chi connectivity index (χ0) is 18.3. The highest BCUT2D eigenvalue weighted by Gasteiger charge is 2.19. The lowest BCUT2D eigenvalue weighted by molar-refractivity contribution is 0.0930. The Morgan fingerprint density at radius 2 is 1.60 bits per heavy atom. The summed E-state index contributed by atoms with van der Waals surface area (Å²) < 4.78 is 25.6. The van der Waals surface area contributed by atoms with Crippen molar-refractivity contribution >= 4 is 21.6 Å². The number of hydrogen-bond acceptors (Lipinski definition) is 3. The van der Waals surface area contributed by atoms with Crippen LogP contribution in [0.25, 0.3) is 0 Å². The molecule has 1 amide bonds. The summed E-state index contributed by atoms with van der Waals surface area (Å²) in [5.41, 5.74) is 1.18. The third kappa shape index (κ3) is 5.46. The average Bonchev–Trinajstić information content (AvgIpc) is 2.58. The molecule has 0 aromatic heterocycles. The molecule has 1 N–H and O–H groups in total. The van der Waals surface area contributed by atoms with Gasteiger partial charge in [0.2, 0.25) is 10.0 Å². The molecule has 0 atom stereocenters. The maximum absolute atomic E-state index is 12.5. The number of anilines is 1. The number of sulfonamides is 1. The lowest BCUT2D eigenvalue weighted by Gasteiger charge is -2.23. The van der Waals surface area contributed by atoms with Crippen LogP contribution in [-0.4, -0.2) is 32.7 Å². The van der Waals surface area contributed by atoms with Crippen LogP contribution < -0.4 is 9.62 Å². The fourth-order valence-corrected chi connectivity index (χ4v) is 4.49. The molecule has 140 valence electrons. The fourth-order valence-electron chi connectivity index (χ4n) is 3.34. The van der Waals surface area contributed by atoms with Crippen LogP contribution in [0.5, 0.6) is 0 Å². The van der Waals surface area contributed by atoms with Gasteiger partial charge in [-0.2, -0.15) is 0 Å². The Hall–Kier alpha value is -1.56. The van der Waals surface area contributed by atoms with Crippen molar-refractivity contribution in [3.05, 3.63) is 29.8 Å². The molecule has 1 fully saturated rings. The topological polar surface area (TPSA) is 66.5 Å². The second-order valence-corrected chi connectivity index (χ2v) is 8.81. The van der Waals surface area contributed by atoms with E-state index in [0.717, 1.165) is 12.8 Å². The van der Waals surface area contributed by atoms with Gasteiger partial charge in [-0.15, -0.1) is 0 Å². The highest BCUT2D eigenvalue weighted by Crippen LogP contribution is 2.20. The van der Waals surface area contributed by atoms with Crippen LogP contribution in [0.1, 0.15) is 69.2 Å². The maximum Gasteiger partial charge on any atom is 0.251 e. The summed E-state index contributed by atoms with van der Waals surface area (Å²) in [5, 5.41) is 3.14. The molecule has 5 nitrogen and oxygen atoms in total. The van der Waals surface area contributed by atoms with Gasteiger partial charge in [-0.05, 0) is 51.0 Å². The van der Waals surface area contributed by atoms with Crippen molar-refractivity contribution in [3.8, 4) is 0 Å². The van der Waals surface area contributed by atoms with Crippen molar-refractivity contribution in [1.29, 1.82) is 0 Å². The number of carbonyl (C=O) groups excluding carboxylic acids is 1. The largest absolute Gasteiger partial charge is 0.349 e. The smallest absolute Gasteiger partial charge is 0.251 e. The van der Waals surface area contributed by atoms with Gasteiger partial charge >= 0.3 is 0 Å². The minimum absolute atomic E-state index is 0.0603. The third-order valence-corrected chi connectivity index (χ3v) is 6.72. The third-order valence-electron chi connectivity index (χ3n) is 4.85. The standard InChI is InChI=1S/C19H30N2O3S/c1-3-21(25(23,24)4-2)18-14-12-16(13-15-18)19(22)20-17-10-8-6-5-7-9-11-17/h12-15,17H,3-11H2,1-2H3,(H,20,22). The number of carbonyl (C=O) groups is 1. The van der Waals surface area contributed by atoms with E-state index in [1.54, 1.807) is 31.2 Å². The SMILES string of the molecule is CCN(c1ccc(C(=O)NC2CCCCCCC2)cc1)S(=O)(=O)CC. The Morgan fingerprint density at radius 1 is 1.04 bits per heavy atom. The number of hydrogen-bond donors (Lipinski definition) is 1. The van der Waals surface area contributed by atoms with E-state index in [2.05, 4.69) is 5.32 Å². The Balaban J connectivity index is 2.04. The van der Waals surface area contributed by atoms with Gasteiger partial charge in [-0.3, -0.25) is 9.10 Å². The summed E-state index contributed by atoms with van der Waals surface area (Å²) in [5.74, 6) is -0.0105. The van der Waals surface area contributed by atoms with Gasteiger partial charge in [-0.1, -0.05) is 32.1 Å². The summed E-state index contributed by atoms with van der Waals surface area (Å²) in [6, 6.07) is 7.09. The molecule has 0 bridgehead atoms. The number of benzene rings is 1. The van der Waals surface area contributed by atoms with Crippen molar-refractivity contribution in [2.24, 2.45) is 0 Å². The normalized spacial score (nSPS) is 16.7. The van der Waals surface area contributed by atoms with E-state index >= 15 is 0 Å². The zero-order valence-corrected chi connectivity index (χ0v) is 16.1. The van der Waals surface area contributed by atoms with E-state index < -0.39 is 10.0 Å². The molecule has 1 saturated carbocycles. The van der Waals surface area contributed by atoms with Gasteiger partial charge in [0.1, 0.15) is 0 Å². The molecule has 1 aromatic carbocycles. The molecule has 2 rings (SSSR count). The monoisotopic (exact) mass is 366 g/mol. The van der Waals surface area contributed by atoms with Crippen LogP contribution in [0.4, 0.5) is 5.69 Å². The predicted molar refractivity (Wildman–Crippen MR) is 102 cm³/mol. The van der Waals surface area contributed by atoms with Crippen LogP contribution in [0.3, 0.4) is 0 Å². The van der Waals surface area contributed by atoms with Gasteiger partial charge in [-0.25, -0.2) is 8.42 Å². The molecular formula is C19H30N2O3S. The molecule has 0 aliphatic heterocycles. The second-order valence-electron chi connectivity index (χ2n) is 6.63. The zero-order valence-electron chi connectivity index (χ0n) is 15.3. The van der Waals surface area contributed by atoms with Crippen molar-refractivity contribution in [1.82, 2.24) is 5.32 Å². The minimum atomic E-state index is -3.29. The van der Waals surface area contributed by atoms with Crippen molar-refractivity contribution in [2.45, 2.75) is 64.8 Å². The van der Waals surface area contributed by atoms with Crippen molar-refractivity contribution < 1.29 is 13.2 Å². The molecule has 1 aliphatic carbocycles. The van der Waals surface area contributed by atoms with Crippen LogP contribution in [0.2, 0.25) is 0 Å². The van der Waals surface area contributed by atoms with E-state index in [0.29, 0.717) is 17.8 Å². The second kappa shape index (κ2) is 9.22. The van der Waals surface area contributed by atoms with E-state index in [1.165, 1.54) is 36.4 Å². The van der Waals surface area contributed by atoms with Crippen LogP contribution in [-0.2, 0) is 10.0 Å². The summed E-state index contributed by atoms with van der Waals surface area (Å²) >= 11 is 0. The molecule has 0 heterocycles. The van der Waals surface area contributed by atoms with Crippen molar-refractivity contribution in [3.63, 3.8) is 0 Å². The number of nitrogens with one attached hydrogen (secondary N) is 1. The summed E-state index contributed by atoms with van der Waals surface area (Å²) in [6.45, 7) is 3.82. The summed E-state index contributed by atoms with van der Waals surface area (Å²) in [4.78, 5) is 12.5. The first-order chi connectivity index (χ1) is 12.0. The van der Waals surface area contributed by atoms with E-state index in [-0.39, 0.29) is 17.7 Å². The molecule has 0 unspecified atom stereocenters. The van der Waals surface area contributed by atoms with Crippen LogP contribution in [0.15, 0.2) is 24.3 Å². The highest BCUT2D eigenvalue weighted by molar-refractivity contribution is 7.92. The van der Waals surface area contributed by atoms with Crippen LogP contribution in [0, 0.1) is 0 Å². The number of rotatable bonds is 6.